The zero-order valence-corrected chi connectivity index (χ0v) is 22.0. The molecule has 0 unspecified atom stereocenters. The summed E-state index contributed by atoms with van der Waals surface area (Å²) in [5.74, 6) is 1.36. The Bertz CT molecular complexity index is 1360. The van der Waals surface area contributed by atoms with Gasteiger partial charge in [0.05, 0.1) is 0 Å². The zero-order chi connectivity index (χ0) is 26.9. The molecule has 0 spiro atoms. The predicted octanol–water partition coefficient (Wildman–Crippen LogP) is 7.61. The van der Waals surface area contributed by atoms with Crippen molar-refractivity contribution in [3.8, 4) is 11.5 Å². The molecule has 0 atom stereocenters. The first kappa shape index (κ1) is 26.6. The molecule has 0 heterocycles. The minimum absolute atomic E-state index is 0.229. The lowest BCUT2D eigenvalue weighted by molar-refractivity contribution is 0.250. The minimum Gasteiger partial charge on any atom is -0.457 e. The fourth-order valence-corrected chi connectivity index (χ4v) is 3.97. The maximum absolute atomic E-state index is 13.3. The maximum Gasteiger partial charge on any atom is 0.326 e. The van der Waals surface area contributed by atoms with Crippen molar-refractivity contribution >= 4 is 40.7 Å². The molecule has 3 N–H and O–H groups in total. The molecule has 194 valence electrons. The van der Waals surface area contributed by atoms with Crippen LogP contribution in [-0.4, -0.2) is 25.2 Å². The van der Waals surface area contributed by atoms with Gasteiger partial charge >= 0.3 is 12.1 Å². The van der Waals surface area contributed by atoms with E-state index in [4.69, 9.17) is 16.3 Å². The van der Waals surface area contributed by atoms with E-state index in [-0.39, 0.29) is 25.2 Å². The largest absolute Gasteiger partial charge is 0.457 e. The van der Waals surface area contributed by atoms with Gasteiger partial charge in [0.1, 0.15) is 11.5 Å². The lowest BCUT2D eigenvalue weighted by atomic mass is 10.1. The van der Waals surface area contributed by atoms with Crippen LogP contribution in [0.1, 0.15) is 11.1 Å². The molecule has 4 aromatic carbocycles. The van der Waals surface area contributed by atoms with Crippen LogP contribution in [0.25, 0.3) is 0 Å². The van der Waals surface area contributed by atoms with Gasteiger partial charge in [-0.05, 0) is 85.6 Å². The van der Waals surface area contributed by atoms with Crippen LogP contribution in [0.3, 0.4) is 0 Å². The van der Waals surface area contributed by atoms with E-state index in [0.717, 1.165) is 22.6 Å². The number of anilines is 3. The Kier molecular flexibility index (Phi) is 8.85. The van der Waals surface area contributed by atoms with Crippen LogP contribution >= 0.6 is 11.6 Å². The molecular weight excluding hydrogens is 500 g/mol. The molecule has 0 aliphatic carbocycles. The molecule has 7 nitrogen and oxygen atoms in total. The number of para-hydroxylation sites is 2. The highest BCUT2D eigenvalue weighted by atomic mass is 35.5. The lowest BCUT2D eigenvalue weighted by Gasteiger charge is -2.24. The van der Waals surface area contributed by atoms with E-state index in [1.807, 2.05) is 62.4 Å². The average Bonchev–Trinajstić information content (AvgIpc) is 2.91. The van der Waals surface area contributed by atoms with Gasteiger partial charge in [-0.25, -0.2) is 9.59 Å². The van der Waals surface area contributed by atoms with Gasteiger partial charge < -0.3 is 20.7 Å². The van der Waals surface area contributed by atoms with Crippen molar-refractivity contribution in [2.45, 2.75) is 13.8 Å². The molecular formula is C30H29ClN4O3. The van der Waals surface area contributed by atoms with E-state index >= 15 is 0 Å². The highest BCUT2D eigenvalue weighted by Gasteiger charge is 2.17. The van der Waals surface area contributed by atoms with Crippen LogP contribution in [0.5, 0.6) is 11.5 Å². The van der Waals surface area contributed by atoms with E-state index in [1.165, 1.54) is 0 Å². The quantitative estimate of drug-likeness (QED) is 0.220. The third-order valence-electron chi connectivity index (χ3n) is 5.81. The monoisotopic (exact) mass is 528 g/mol. The average molecular weight is 529 g/mol. The number of rotatable bonds is 8. The molecule has 0 saturated carbocycles. The molecule has 4 amide bonds. The molecule has 0 aliphatic heterocycles. The van der Waals surface area contributed by atoms with Gasteiger partial charge in [-0.1, -0.05) is 48.0 Å². The van der Waals surface area contributed by atoms with Crippen LogP contribution in [0, 0.1) is 13.8 Å². The number of carbonyl (C=O) groups excluding carboxylic acids is 2. The van der Waals surface area contributed by atoms with Crippen molar-refractivity contribution in [3.05, 3.63) is 113 Å². The van der Waals surface area contributed by atoms with Crippen molar-refractivity contribution in [2.24, 2.45) is 0 Å². The molecule has 0 aromatic heterocycles. The first-order chi connectivity index (χ1) is 18.4. The van der Waals surface area contributed by atoms with Gasteiger partial charge in [0, 0.05) is 35.2 Å². The Labute approximate surface area is 227 Å². The van der Waals surface area contributed by atoms with Gasteiger partial charge in [0.15, 0.2) is 0 Å². The molecule has 8 heteroatoms. The molecule has 4 rings (SSSR count). The van der Waals surface area contributed by atoms with Crippen LogP contribution in [-0.2, 0) is 0 Å². The molecule has 0 radical (unpaired) electrons. The number of halogens is 1. The van der Waals surface area contributed by atoms with Crippen molar-refractivity contribution in [2.75, 3.05) is 28.6 Å². The molecule has 0 aliphatic rings. The van der Waals surface area contributed by atoms with E-state index in [2.05, 4.69) is 16.0 Å². The van der Waals surface area contributed by atoms with Crippen LogP contribution in [0.4, 0.5) is 26.7 Å². The van der Waals surface area contributed by atoms with Gasteiger partial charge in [-0.3, -0.25) is 4.90 Å². The third kappa shape index (κ3) is 7.27. The minimum atomic E-state index is -0.346. The molecule has 0 saturated heterocycles. The topological polar surface area (TPSA) is 82.7 Å². The van der Waals surface area contributed by atoms with E-state index in [1.54, 1.807) is 53.4 Å². The normalized spacial score (nSPS) is 10.4. The summed E-state index contributed by atoms with van der Waals surface area (Å²) in [6.45, 7) is 4.35. The zero-order valence-electron chi connectivity index (χ0n) is 21.2. The third-order valence-corrected chi connectivity index (χ3v) is 6.06. The van der Waals surface area contributed by atoms with E-state index in [9.17, 15) is 9.59 Å². The number of hydrogen-bond donors (Lipinski definition) is 3. The Morgan fingerprint density at radius 1 is 0.763 bits per heavy atom. The molecule has 0 fully saturated rings. The molecule has 4 aromatic rings. The number of nitrogens with one attached hydrogen (secondary N) is 3. The number of urea groups is 2. The summed E-state index contributed by atoms with van der Waals surface area (Å²) in [5.41, 5.74) is 3.98. The summed E-state index contributed by atoms with van der Waals surface area (Å²) in [4.78, 5) is 27.4. The second-order valence-corrected chi connectivity index (χ2v) is 9.08. The molecule has 0 bridgehead atoms. The van der Waals surface area contributed by atoms with Gasteiger partial charge in [-0.15, -0.1) is 0 Å². The SMILES string of the molecule is Cc1cccc(C)c1NC(=O)NCCN(C(=O)Nc1ccc(Cl)cc1)c1ccc(Oc2ccccc2)cc1. The Morgan fingerprint density at radius 3 is 2.05 bits per heavy atom. The van der Waals surface area contributed by atoms with Crippen LogP contribution in [0.15, 0.2) is 97.1 Å². The predicted molar refractivity (Wildman–Crippen MR) is 154 cm³/mol. The summed E-state index contributed by atoms with van der Waals surface area (Å²) in [7, 11) is 0. The Balaban J connectivity index is 1.44. The van der Waals surface area contributed by atoms with Crippen molar-refractivity contribution in [1.29, 1.82) is 0 Å². The maximum atomic E-state index is 13.3. The number of carbonyl (C=O) groups is 2. The van der Waals surface area contributed by atoms with Gasteiger partial charge in [-0.2, -0.15) is 0 Å². The fourth-order valence-electron chi connectivity index (χ4n) is 3.84. The number of nitrogens with zero attached hydrogens (tertiary/aromatic N) is 1. The highest BCUT2D eigenvalue weighted by Crippen LogP contribution is 2.25. The standard InChI is InChI=1S/C30H29ClN4O3/c1-21-7-6-8-22(2)28(21)34-29(36)32-19-20-35(30(37)33-24-13-11-23(31)12-14-24)25-15-17-27(18-16-25)38-26-9-4-3-5-10-26/h3-18H,19-20H2,1-2H3,(H,33,37)(H2,32,34,36). The summed E-state index contributed by atoms with van der Waals surface area (Å²) in [5, 5.41) is 9.20. The summed E-state index contributed by atoms with van der Waals surface area (Å²) < 4.78 is 5.87. The number of amides is 4. The Hall–Kier alpha value is -4.49. The Morgan fingerprint density at radius 2 is 1.39 bits per heavy atom. The van der Waals surface area contributed by atoms with Gasteiger partial charge in [0.2, 0.25) is 0 Å². The van der Waals surface area contributed by atoms with E-state index in [0.29, 0.717) is 22.1 Å². The smallest absolute Gasteiger partial charge is 0.326 e. The number of benzene rings is 4. The van der Waals surface area contributed by atoms with Crippen molar-refractivity contribution in [3.63, 3.8) is 0 Å². The lowest BCUT2D eigenvalue weighted by Crippen LogP contribution is -2.42. The number of hydrogen-bond acceptors (Lipinski definition) is 3. The van der Waals surface area contributed by atoms with Crippen LogP contribution < -0.4 is 25.6 Å². The fraction of sp³-hybridized carbons (Fsp3) is 0.133. The second-order valence-electron chi connectivity index (χ2n) is 8.65. The van der Waals surface area contributed by atoms with Crippen molar-refractivity contribution in [1.82, 2.24) is 5.32 Å². The first-order valence-electron chi connectivity index (χ1n) is 12.2. The molecule has 38 heavy (non-hydrogen) atoms. The van der Waals surface area contributed by atoms with Crippen molar-refractivity contribution < 1.29 is 14.3 Å². The number of aryl methyl sites for hydroxylation is 2. The van der Waals surface area contributed by atoms with E-state index < -0.39 is 0 Å². The number of ether oxygens (including phenoxy) is 1. The summed E-state index contributed by atoms with van der Waals surface area (Å²) in [6.07, 6.45) is 0. The summed E-state index contributed by atoms with van der Waals surface area (Å²) >= 11 is 5.97. The first-order valence-corrected chi connectivity index (χ1v) is 12.5. The van der Waals surface area contributed by atoms with Gasteiger partial charge in [0.25, 0.3) is 0 Å². The second kappa shape index (κ2) is 12.7. The summed E-state index contributed by atoms with van der Waals surface area (Å²) in [6, 6.07) is 28.7. The highest BCUT2D eigenvalue weighted by molar-refractivity contribution is 6.30. The van der Waals surface area contributed by atoms with Crippen LogP contribution in [0.2, 0.25) is 5.02 Å².